The van der Waals surface area contributed by atoms with Gasteiger partial charge in [0.15, 0.2) is 6.10 Å². The number of rotatable bonds is 4. The molecule has 0 radical (unpaired) electrons. The Morgan fingerprint density at radius 2 is 2.28 bits per heavy atom. The first kappa shape index (κ1) is 12.5. The van der Waals surface area contributed by atoms with Gasteiger partial charge in [0.05, 0.1) is 5.02 Å². The molecule has 0 aliphatic carbocycles. The van der Waals surface area contributed by atoms with Crippen LogP contribution in [0.2, 0.25) is 5.02 Å². The molecule has 1 heterocycles. The van der Waals surface area contributed by atoms with E-state index < -0.39 is 11.9 Å². The largest absolute Gasteiger partial charge is 0.455 e. The van der Waals surface area contributed by atoms with Gasteiger partial charge in [-0.3, -0.25) is 4.79 Å². The SMILES string of the molecule is CC(OC=O)c1nnc(-c2ccc(Cl)c(F)c2)o1. The van der Waals surface area contributed by atoms with Crippen LogP contribution in [0.5, 0.6) is 0 Å². The van der Waals surface area contributed by atoms with Crippen molar-refractivity contribution >= 4 is 18.1 Å². The molecule has 7 heteroatoms. The summed E-state index contributed by atoms with van der Waals surface area (Å²) in [6, 6.07) is 4.13. The predicted octanol–water partition coefficient (Wildman–Crippen LogP) is 2.76. The third-order valence-electron chi connectivity index (χ3n) is 2.21. The van der Waals surface area contributed by atoms with Gasteiger partial charge in [-0.15, -0.1) is 10.2 Å². The minimum Gasteiger partial charge on any atom is -0.455 e. The first-order valence-electron chi connectivity index (χ1n) is 4.99. The molecule has 0 aliphatic heterocycles. The quantitative estimate of drug-likeness (QED) is 0.799. The normalized spacial score (nSPS) is 12.2. The minimum atomic E-state index is -0.652. The molecular formula is C11H8ClFN2O3. The van der Waals surface area contributed by atoms with E-state index in [-0.39, 0.29) is 23.3 Å². The Morgan fingerprint density at radius 3 is 2.94 bits per heavy atom. The van der Waals surface area contributed by atoms with Crippen LogP contribution >= 0.6 is 11.6 Å². The molecule has 0 aliphatic rings. The molecule has 0 amide bonds. The third kappa shape index (κ3) is 2.48. The van der Waals surface area contributed by atoms with Crippen molar-refractivity contribution in [3.63, 3.8) is 0 Å². The maximum Gasteiger partial charge on any atom is 0.293 e. The first-order valence-corrected chi connectivity index (χ1v) is 5.37. The lowest BCUT2D eigenvalue weighted by Gasteiger charge is -2.02. The number of hydrogen-bond acceptors (Lipinski definition) is 5. The van der Waals surface area contributed by atoms with Crippen LogP contribution in [0.25, 0.3) is 11.5 Å². The van der Waals surface area contributed by atoms with Gasteiger partial charge in [-0.25, -0.2) is 4.39 Å². The van der Waals surface area contributed by atoms with Gasteiger partial charge < -0.3 is 9.15 Å². The van der Waals surface area contributed by atoms with Gasteiger partial charge in [-0.2, -0.15) is 0 Å². The highest BCUT2D eigenvalue weighted by molar-refractivity contribution is 6.30. The number of benzene rings is 1. The molecule has 2 rings (SSSR count). The summed E-state index contributed by atoms with van der Waals surface area (Å²) in [5, 5.41) is 7.46. The fourth-order valence-corrected chi connectivity index (χ4v) is 1.40. The van der Waals surface area contributed by atoms with E-state index in [0.717, 1.165) is 0 Å². The van der Waals surface area contributed by atoms with E-state index in [2.05, 4.69) is 14.9 Å². The van der Waals surface area contributed by atoms with Crippen LogP contribution in [0.4, 0.5) is 4.39 Å². The standard InChI is InChI=1S/C11H8ClFN2O3/c1-6(17-5-16)10-14-15-11(18-10)7-2-3-8(12)9(13)4-7/h2-6H,1H3. The van der Waals surface area contributed by atoms with Crippen LogP contribution in [0, 0.1) is 5.82 Å². The molecule has 0 bridgehead atoms. The van der Waals surface area contributed by atoms with E-state index in [0.29, 0.717) is 5.56 Å². The Hall–Kier alpha value is -1.95. The van der Waals surface area contributed by atoms with Crippen LogP contribution in [-0.4, -0.2) is 16.7 Å². The maximum absolute atomic E-state index is 13.3. The lowest BCUT2D eigenvalue weighted by Crippen LogP contribution is -1.97. The lowest BCUT2D eigenvalue weighted by atomic mass is 10.2. The van der Waals surface area contributed by atoms with Gasteiger partial charge in [0.1, 0.15) is 5.82 Å². The predicted molar refractivity (Wildman–Crippen MR) is 60.3 cm³/mol. The monoisotopic (exact) mass is 270 g/mol. The average molecular weight is 271 g/mol. The highest BCUT2D eigenvalue weighted by Gasteiger charge is 2.16. The zero-order valence-corrected chi connectivity index (χ0v) is 10.0. The van der Waals surface area contributed by atoms with Crippen molar-refractivity contribution in [2.75, 3.05) is 0 Å². The van der Waals surface area contributed by atoms with Crippen molar-refractivity contribution in [3.8, 4) is 11.5 Å². The molecule has 5 nitrogen and oxygen atoms in total. The number of aromatic nitrogens is 2. The number of carbonyl (C=O) groups is 1. The summed E-state index contributed by atoms with van der Waals surface area (Å²) in [7, 11) is 0. The fourth-order valence-electron chi connectivity index (χ4n) is 1.29. The van der Waals surface area contributed by atoms with Crippen molar-refractivity contribution in [2.24, 2.45) is 0 Å². The number of carbonyl (C=O) groups excluding carboxylic acids is 1. The molecule has 1 aromatic carbocycles. The molecule has 0 saturated heterocycles. The summed E-state index contributed by atoms with van der Waals surface area (Å²) in [6.45, 7) is 1.87. The van der Waals surface area contributed by atoms with E-state index in [1.54, 1.807) is 13.0 Å². The molecule has 0 spiro atoms. The third-order valence-corrected chi connectivity index (χ3v) is 2.52. The summed E-state index contributed by atoms with van der Waals surface area (Å²) in [5.74, 6) is -0.319. The Balaban J connectivity index is 2.28. The van der Waals surface area contributed by atoms with E-state index in [4.69, 9.17) is 16.0 Å². The van der Waals surface area contributed by atoms with Gasteiger partial charge >= 0.3 is 0 Å². The summed E-state index contributed by atoms with van der Waals surface area (Å²) in [5.41, 5.74) is 0.397. The molecule has 1 unspecified atom stereocenters. The van der Waals surface area contributed by atoms with E-state index in [9.17, 15) is 9.18 Å². The van der Waals surface area contributed by atoms with Crippen LogP contribution in [0.3, 0.4) is 0 Å². The first-order chi connectivity index (χ1) is 8.61. The Labute approximate surface area is 107 Å². The van der Waals surface area contributed by atoms with Gasteiger partial charge in [0.25, 0.3) is 12.4 Å². The Bertz CT molecular complexity index is 573. The second-order valence-electron chi connectivity index (χ2n) is 3.45. The molecule has 0 fully saturated rings. The molecule has 94 valence electrons. The molecule has 18 heavy (non-hydrogen) atoms. The van der Waals surface area contributed by atoms with Crippen molar-refractivity contribution in [2.45, 2.75) is 13.0 Å². The number of ether oxygens (including phenoxy) is 1. The lowest BCUT2D eigenvalue weighted by molar-refractivity contribution is -0.134. The van der Waals surface area contributed by atoms with Gasteiger partial charge in [0.2, 0.25) is 5.89 Å². The fraction of sp³-hybridized carbons (Fsp3) is 0.182. The molecular weight excluding hydrogens is 263 g/mol. The minimum absolute atomic E-state index is 0.0103. The summed E-state index contributed by atoms with van der Waals surface area (Å²) >= 11 is 5.56. The number of hydrogen-bond donors (Lipinski definition) is 0. The van der Waals surface area contributed by atoms with Crippen molar-refractivity contribution in [1.82, 2.24) is 10.2 Å². The second-order valence-corrected chi connectivity index (χ2v) is 3.86. The second kappa shape index (κ2) is 5.14. The van der Waals surface area contributed by atoms with Crippen molar-refractivity contribution < 1.29 is 18.3 Å². The Kier molecular flexibility index (Phi) is 3.57. The number of halogens is 2. The van der Waals surface area contributed by atoms with Gasteiger partial charge in [-0.05, 0) is 25.1 Å². The van der Waals surface area contributed by atoms with Gasteiger partial charge in [-0.1, -0.05) is 11.6 Å². The number of nitrogens with zero attached hydrogens (tertiary/aromatic N) is 2. The van der Waals surface area contributed by atoms with E-state index in [1.165, 1.54) is 12.1 Å². The van der Waals surface area contributed by atoms with Crippen molar-refractivity contribution in [3.05, 3.63) is 34.9 Å². The zero-order valence-electron chi connectivity index (χ0n) is 9.26. The smallest absolute Gasteiger partial charge is 0.293 e. The zero-order chi connectivity index (χ0) is 13.1. The highest BCUT2D eigenvalue weighted by atomic mass is 35.5. The highest BCUT2D eigenvalue weighted by Crippen LogP contribution is 2.25. The van der Waals surface area contributed by atoms with Crippen LogP contribution in [0.1, 0.15) is 18.9 Å². The summed E-state index contributed by atoms with van der Waals surface area (Å²) in [4.78, 5) is 10.2. The van der Waals surface area contributed by atoms with Crippen molar-refractivity contribution in [1.29, 1.82) is 0 Å². The molecule has 1 aromatic heterocycles. The van der Waals surface area contributed by atoms with Gasteiger partial charge in [0, 0.05) is 5.56 Å². The topological polar surface area (TPSA) is 65.2 Å². The van der Waals surface area contributed by atoms with Crippen LogP contribution in [0.15, 0.2) is 22.6 Å². The Morgan fingerprint density at radius 1 is 1.50 bits per heavy atom. The molecule has 0 saturated carbocycles. The van der Waals surface area contributed by atoms with Crippen LogP contribution < -0.4 is 0 Å². The average Bonchev–Trinajstić information content (AvgIpc) is 2.82. The van der Waals surface area contributed by atoms with Crippen LogP contribution in [-0.2, 0) is 9.53 Å². The summed E-state index contributed by atoms with van der Waals surface area (Å²) in [6.07, 6.45) is -0.652. The van der Waals surface area contributed by atoms with E-state index >= 15 is 0 Å². The molecule has 0 N–H and O–H groups in total. The molecule has 1 atom stereocenters. The van der Waals surface area contributed by atoms with E-state index in [1.807, 2.05) is 0 Å². The molecule has 2 aromatic rings. The summed E-state index contributed by atoms with van der Waals surface area (Å²) < 4.78 is 23.2. The maximum atomic E-state index is 13.3.